The maximum absolute atomic E-state index is 4.40. The molecule has 74 valence electrons. The number of hydrogen-bond donors (Lipinski definition) is 1. The highest BCUT2D eigenvalue weighted by atomic mass is 14.9. The molecule has 2 nitrogen and oxygen atoms in total. The summed E-state index contributed by atoms with van der Waals surface area (Å²) in [5.74, 6) is 0.668. The van der Waals surface area contributed by atoms with Gasteiger partial charge in [0, 0.05) is 11.6 Å². The Balaban J connectivity index is 2.69. The van der Waals surface area contributed by atoms with Crippen molar-refractivity contribution in [2.24, 2.45) is 0 Å². The van der Waals surface area contributed by atoms with E-state index in [9.17, 15) is 0 Å². The van der Waals surface area contributed by atoms with Crippen molar-refractivity contribution < 1.29 is 0 Å². The van der Waals surface area contributed by atoms with E-state index in [0.717, 1.165) is 0 Å². The quantitative estimate of drug-likeness (QED) is 0.739. The van der Waals surface area contributed by atoms with Crippen LogP contribution in [-0.2, 0) is 0 Å². The zero-order valence-corrected chi connectivity index (χ0v) is 8.93. The van der Waals surface area contributed by atoms with Crippen molar-refractivity contribution in [3.8, 4) is 0 Å². The molecule has 1 aromatic heterocycles. The van der Waals surface area contributed by atoms with E-state index in [1.807, 2.05) is 6.33 Å². The summed E-state index contributed by atoms with van der Waals surface area (Å²) >= 11 is 0. The maximum Gasteiger partial charge on any atom is 0.0925 e. The smallest absolute Gasteiger partial charge is 0.0925 e. The average Bonchev–Trinajstić information content (AvgIpc) is 2.51. The van der Waals surface area contributed by atoms with Crippen molar-refractivity contribution in [3.05, 3.63) is 17.7 Å². The van der Waals surface area contributed by atoms with E-state index in [0.29, 0.717) is 5.92 Å². The van der Waals surface area contributed by atoms with Crippen LogP contribution in [0.1, 0.15) is 56.8 Å². The summed E-state index contributed by atoms with van der Waals surface area (Å²) in [7, 11) is 0. The molecular formula is C11H20N2. The van der Waals surface area contributed by atoms with Gasteiger partial charge in [-0.15, -0.1) is 0 Å². The minimum atomic E-state index is 0.668. The molecule has 2 heteroatoms. The summed E-state index contributed by atoms with van der Waals surface area (Å²) in [5.41, 5.74) is 2.52. The lowest BCUT2D eigenvalue weighted by Gasteiger charge is -2.13. The van der Waals surface area contributed by atoms with E-state index in [1.165, 1.54) is 37.1 Å². The van der Waals surface area contributed by atoms with Crippen molar-refractivity contribution >= 4 is 0 Å². The number of rotatable bonds is 5. The Morgan fingerprint density at radius 3 is 2.31 bits per heavy atom. The molecule has 0 unspecified atom stereocenters. The van der Waals surface area contributed by atoms with Crippen LogP contribution in [0, 0.1) is 6.92 Å². The van der Waals surface area contributed by atoms with E-state index in [1.54, 1.807) is 0 Å². The fourth-order valence-electron chi connectivity index (χ4n) is 1.90. The molecule has 0 saturated carbocycles. The molecule has 0 radical (unpaired) electrons. The number of aromatic amines is 1. The van der Waals surface area contributed by atoms with Crippen molar-refractivity contribution in [2.45, 2.75) is 52.4 Å². The average molecular weight is 180 g/mol. The first-order chi connectivity index (χ1) is 6.29. The molecule has 0 saturated heterocycles. The van der Waals surface area contributed by atoms with Crippen LogP contribution in [0.4, 0.5) is 0 Å². The Morgan fingerprint density at radius 2 is 1.92 bits per heavy atom. The monoisotopic (exact) mass is 180 g/mol. The number of nitrogens with one attached hydrogen (secondary N) is 1. The van der Waals surface area contributed by atoms with Gasteiger partial charge in [-0.1, -0.05) is 26.7 Å². The Labute approximate surface area is 80.8 Å². The van der Waals surface area contributed by atoms with Gasteiger partial charge in [-0.25, -0.2) is 4.98 Å². The van der Waals surface area contributed by atoms with Gasteiger partial charge in [0.15, 0.2) is 0 Å². The minimum absolute atomic E-state index is 0.668. The number of imidazole rings is 1. The highest BCUT2D eigenvalue weighted by Gasteiger charge is 2.13. The topological polar surface area (TPSA) is 28.7 Å². The normalized spacial score (nSPS) is 11.1. The molecule has 0 fully saturated rings. The Hall–Kier alpha value is -0.790. The lowest BCUT2D eigenvalue weighted by molar-refractivity contribution is 0.548. The second-order valence-electron chi connectivity index (χ2n) is 3.69. The molecule has 0 aliphatic heterocycles. The summed E-state index contributed by atoms with van der Waals surface area (Å²) in [4.78, 5) is 7.55. The van der Waals surface area contributed by atoms with Gasteiger partial charge in [0.1, 0.15) is 0 Å². The summed E-state index contributed by atoms with van der Waals surface area (Å²) in [6.45, 7) is 6.59. The molecular weight excluding hydrogens is 160 g/mol. The lowest BCUT2D eigenvalue weighted by Crippen LogP contribution is -2.00. The first kappa shape index (κ1) is 10.3. The number of nitrogens with zero attached hydrogens (tertiary/aromatic N) is 1. The lowest BCUT2D eigenvalue weighted by atomic mass is 9.94. The van der Waals surface area contributed by atoms with Crippen LogP contribution in [0.3, 0.4) is 0 Å². The van der Waals surface area contributed by atoms with Gasteiger partial charge < -0.3 is 4.98 Å². The molecule has 1 N–H and O–H groups in total. The van der Waals surface area contributed by atoms with Gasteiger partial charge in [-0.3, -0.25) is 0 Å². The van der Waals surface area contributed by atoms with Crippen LogP contribution in [0.15, 0.2) is 6.33 Å². The molecule has 13 heavy (non-hydrogen) atoms. The predicted octanol–water partition coefficient (Wildman–Crippen LogP) is 3.40. The Bertz CT molecular complexity index is 234. The number of aromatic nitrogens is 2. The van der Waals surface area contributed by atoms with Crippen molar-refractivity contribution in [2.75, 3.05) is 0 Å². The first-order valence-corrected chi connectivity index (χ1v) is 5.29. The van der Waals surface area contributed by atoms with Crippen LogP contribution in [0.25, 0.3) is 0 Å². The summed E-state index contributed by atoms with van der Waals surface area (Å²) < 4.78 is 0. The molecule has 0 aliphatic carbocycles. The largest absolute Gasteiger partial charge is 0.348 e. The summed E-state index contributed by atoms with van der Waals surface area (Å²) in [6.07, 6.45) is 6.83. The van der Waals surface area contributed by atoms with Gasteiger partial charge in [0.2, 0.25) is 0 Å². The molecule has 1 aromatic rings. The number of hydrogen-bond acceptors (Lipinski definition) is 1. The zero-order chi connectivity index (χ0) is 9.68. The molecule has 0 aliphatic rings. The zero-order valence-electron chi connectivity index (χ0n) is 8.93. The fourth-order valence-corrected chi connectivity index (χ4v) is 1.90. The SMILES string of the molecule is CCCC(CCC)c1nc[nH]c1C. The fraction of sp³-hybridized carbons (Fsp3) is 0.727. The highest BCUT2D eigenvalue weighted by molar-refractivity contribution is 5.14. The standard InChI is InChI=1S/C11H20N2/c1-4-6-10(7-5-2)11-9(3)12-8-13-11/h8,10H,4-7H2,1-3H3,(H,12,13). The highest BCUT2D eigenvalue weighted by Crippen LogP contribution is 2.26. The third kappa shape index (κ3) is 2.58. The molecule has 0 aromatic carbocycles. The van der Waals surface area contributed by atoms with Crippen LogP contribution >= 0.6 is 0 Å². The number of aryl methyl sites for hydroxylation is 1. The molecule has 1 heterocycles. The van der Waals surface area contributed by atoms with E-state index < -0.39 is 0 Å². The molecule has 0 atom stereocenters. The first-order valence-electron chi connectivity index (χ1n) is 5.29. The second-order valence-corrected chi connectivity index (χ2v) is 3.69. The Kier molecular flexibility index (Phi) is 4.00. The Morgan fingerprint density at radius 1 is 1.31 bits per heavy atom. The molecule has 0 spiro atoms. The van der Waals surface area contributed by atoms with Gasteiger partial charge in [-0.2, -0.15) is 0 Å². The van der Waals surface area contributed by atoms with Crippen molar-refractivity contribution in [3.63, 3.8) is 0 Å². The minimum Gasteiger partial charge on any atom is -0.348 e. The van der Waals surface area contributed by atoms with Crippen molar-refractivity contribution in [1.29, 1.82) is 0 Å². The van der Waals surface area contributed by atoms with Crippen molar-refractivity contribution in [1.82, 2.24) is 9.97 Å². The van der Waals surface area contributed by atoms with E-state index in [-0.39, 0.29) is 0 Å². The second kappa shape index (κ2) is 5.05. The number of H-pyrrole nitrogens is 1. The van der Waals surface area contributed by atoms with Crippen LogP contribution in [-0.4, -0.2) is 9.97 Å². The summed E-state index contributed by atoms with van der Waals surface area (Å²) in [6, 6.07) is 0. The third-order valence-corrected chi connectivity index (χ3v) is 2.53. The van der Waals surface area contributed by atoms with E-state index >= 15 is 0 Å². The van der Waals surface area contributed by atoms with Gasteiger partial charge >= 0.3 is 0 Å². The van der Waals surface area contributed by atoms with Gasteiger partial charge in [-0.05, 0) is 19.8 Å². The van der Waals surface area contributed by atoms with Crippen LogP contribution in [0.5, 0.6) is 0 Å². The molecule has 0 bridgehead atoms. The third-order valence-electron chi connectivity index (χ3n) is 2.53. The van der Waals surface area contributed by atoms with E-state index in [2.05, 4.69) is 30.7 Å². The predicted molar refractivity (Wildman–Crippen MR) is 55.9 cm³/mol. The van der Waals surface area contributed by atoms with Gasteiger partial charge in [0.25, 0.3) is 0 Å². The van der Waals surface area contributed by atoms with Gasteiger partial charge in [0.05, 0.1) is 12.0 Å². The summed E-state index contributed by atoms with van der Waals surface area (Å²) in [5, 5.41) is 0. The van der Waals surface area contributed by atoms with E-state index in [4.69, 9.17) is 0 Å². The molecule has 0 amide bonds. The molecule has 1 rings (SSSR count). The van der Waals surface area contributed by atoms with Crippen LogP contribution in [0.2, 0.25) is 0 Å². The maximum atomic E-state index is 4.40. The van der Waals surface area contributed by atoms with Crippen LogP contribution < -0.4 is 0 Å².